The van der Waals surface area contributed by atoms with Gasteiger partial charge in [0.05, 0.1) is 12.2 Å². The third-order valence-electron chi connectivity index (χ3n) is 4.09. The maximum Gasteiger partial charge on any atom is 0.317 e. The van der Waals surface area contributed by atoms with Crippen LogP contribution in [-0.4, -0.2) is 40.0 Å². The molecule has 0 radical (unpaired) electrons. The first-order chi connectivity index (χ1) is 10.0. The Morgan fingerprint density at radius 3 is 2.86 bits per heavy atom. The Hall–Kier alpha value is -1.17. The van der Waals surface area contributed by atoms with Crippen LogP contribution in [0.2, 0.25) is 0 Å². The average molecular weight is 311 g/mol. The van der Waals surface area contributed by atoms with Crippen molar-refractivity contribution in [1.82, 2.24) is 15.2 Å². The molecule has 1 heterocycles. The predicted octanol–water partition coefficient (Wildman–Crippen LogP) is 3.11. The lowest BCUT2D eigenvalue weighted by atomic mass is 10.2. The number of aryl methyl sites for hydroxylation is 2. The van der Waals surface area contributed by atoms with Crippen molar-refractivity contribution in [1.29, 1.82) is 0 Å². The number of amides is 2. The summed E-state index contributed by atoms with van der Waals surface area (Å²) in [4.78, 5) is 18.3. The van der Waals surface area contributed by atoms with Gasteiger partial charge < -0.3 is 14.6 Å². The molecule has 0 aliphatic heterocycles. The average Bonchev–Trinajstić information content (AvgIpc) is 3.03. The van der Waals surface area contributed by atoms with Crippen LogP contribution >= 0.6 is 11.8 Å². The van der Waals surface area contributed by atoms with Crippen LogP contribution in [0.5, 0.6) is 0 Å². The highest BCUT2D eigenvalue weighted by atomic mass is 32.2. The maximum absolute atomic E-state index is 12.2. The van der Waals surface area contributed by atoms with Crippen LogP contribution in [0.1, 0.15) is 43.5 Å². The molecule has 0 unspecified atom stereocenters. The molecule has 1 aromatic rings. The Kier molecular flexibility index (Phi) is 5.56. The summed E-state index contributed by atoms with van der Waals surface area (Å²) in [6, 6.07) is 0.303. The van der Waals surface area contributed by atoms with Gasteiger partial charge in [-0.3, -0.25) is 0 Å². The smallest absolute Gasteiger partial charge is 0.317 e. The molecule has 118 valence electrons. The number of hydrogen-bond acceptors (Lipinski definition) is 4. The highest BCUT2D eigenvalue weighted by Gasteiger charge is 2.29. The van der Waals surface area contributed by atoms with E-state index in [1.165, 1.54) is 6.42 Å². The van der Waals surface area contributed by atoms with Gasteiger partial charge >= 0.3 is 6.03 Å². The molecule has 2 amide bonds. The molecule has 1 aromatic heterocycles. The van der Waals surface area contributed by atoms with E-state index in [0.29, 0.717) is 23.7 Å². The fourth-order valence-corrected chi connectivity index (χ4v) is 3.85. The lowest BCUT2D eigenvalue weighted by Gasteiger charge is -2.24. The minimum atomic E-state index is -0.0457. The molecule has 1 fully saturated rings. The first kappa shape index (κ1) is 16.2. The Labute approximate surface area is 130 Å². The van der Waals surface area contributed by atoms with Gasteiger partial charge in [0.25, 0.3) is 0 Å². The molecule has 21 heavy (non-hydrogen) atoms. The number of carbonyl (C=O) groups excluding carboxylic acids is 1. The largest absolute Gasteiger partial charge is 0.444 e. The molecular weight excluding hydrogens is 286 g/mol. The summed E-state index contributed by atoms with van der Waals surface area (Å²) in [6.45, 7) is 6.32. The van der Waals surface area contributed by atoms with Crippen molar-refractivity contribution >= 4 is 17.8 Å². The second kappa shape index (κ2) is 7.20. The molecule has 0 bridgehead atoms. The zero-order valence-corrected chi connectivity index (χ0v) is 14.1. The Bertz CT molecular complexity index is 470. The van der Waals surface area contributed by atoms with Crippen molar-refractivity contribution in [3.63, 3.8) is 0 Å². The van der Waals surface area contributed by atoms with Crippen LogP contribution in [-0.2, 0) is 6.54 Å². The summed E-state index contributed by atoms with van der Waals surface area (Å²) >= 11 is 2.00. The summed E-state index contributed by atoms with van der Waals surface area (Å²) in [5, 5.41) is 3.59. The van der Waals surface area contributed by atoms with Crippen molar-refractivity contribution < 1.29 is 9.21 Å². The number of rotatable bonds is 5. The molecule has 0 saturated heterocycles. The summed E-state index contributed by atoms with van der Waals surface area (Å²) in [5.74, 6) is 2.52. The van der Waals surface area contributed by atoms with E-state index in [1.807, 2.05) is 37.6 Å². The van der Waals surface area contributed by atoms with E-state index in [9.17, 15) is 4.79 Å². The number of aromatic nitrogens is 1. The van der Waals surface area contributed by atoms with Crippen molar-refractivity contribution in [2.75, 3.05) is 12.8 Å². The Balaban J connectivity index is 1.80. The van der Waals surface area contributed by atoms with Crippen LogP contribution in [0.25, 0.3) is 0 Å². The molecule has 0 aromatic carbocycles. The fraction of sp³-hybridized carbons (Fsp3) is 0.733. The van der Waals surface area contributed by atoms with Gasteiger partial charge in [-0.15, -0.1) is 0 Å². The van der Waals surface area contributed by atoms with Crippen molar-refractivity contribution in [2.24, 2.45) is 0 Å². The molecule has 1 N–H and O–H groups in total. The summed E-state index contributed by atoms with van der Waals surface area (Å²) in [6.07, 6.45) is 3.40. The minimum Gasteiger partial charge on any atom is -0.444 e. The minimum absolute atomic E-state index is 0.0457. The number of urea groups is 1. The quantitative estimate of drug-likeness (QED) is 0.908. The number of hydrogen-bond donors (Lipinski definition) is 1. The van der Waals surface area contributed by atoms with Crippen LogP contribution in [0.3, 0.4) is 0 Å². The summed E-state index contributed by atoms with van der Waals surface area (Å²) in [7, 11) is 1.88. The molecule has 6 heteroatoms. The number of carbonyl (C=O) groups is 1. The third kappa shape index (κ3) is 4.15. The number of oxazole rings is 1. The van der Waals surface area contributed by atoms with E-state index in [0.717, 1.165) is 30.0 Å². The van der Waals surface area contributed by atoms with Gasteiger partial charge in [0.15, 0.2) is 0 Å². The second-order valence-electron chi connectivity index (χ2n) is 5.56. The van der Waals surface area contributed by atoms with E-state index in [1.54, 1.807) is 0 Å². The Morgan fingerprint density at radius 1 is 1.48 bits per heavy atom. The van der Waals surface area contributed by atoms with E-state index < -0.39 is 0 Å². The topological polar surface area (TPSA) is 58.4 Å². The zero-order chi connectivity index (χ0) is 15.4. The molecule has 1 aliphatic carbocycles. The van der Waals surface area contributed by atoms with Gasteiger partial charge in [-0.05, 0) is 38.9 Å². The molecule has 2 rings (SSSR count). The molecule has 1 aliphatic rings. The predicted molar refractivity (Wildman–Crippen MR) is 85.5 cm³/mol. The van der Waals surface area contributed by atoms with Crippen LogP contribution in [0.15, 0.2) is 4.42 Å². The van der Waals surface area contributed by atoms with Gasteiger partial charge in [0.1, 0.15) is 5.76 Å². The second-order valence-corrected chi connectivity index (χ2v) is 7.14. The fourth-order valence-electron chi connectivity index (χ4n) is 2.71. The highest BCUT2D eigenvalue weighted by Crippen LogP contribution is 2.32. The van der Waals surface area contributed by atoms with Gasteiger partial charge in [-0.2, -0.15) is 11.8 Å². The SMILES string of the molecule is CCS[C@H]1CC[C@@H](N(C)C(=O)NCc2nc(C)c(C)o2)C1. The molecular formula is C15H25N3O2S. The van der Waals surface area contributed by atoms with Crippen molar-refractivity contribution in [3.05, 3.63) is 17.3 Å². The number of thioether (sulfide) groups is 1. The van der Waals surface area contributed by atoms with E-state index in [4.69, 9.17) is 4.42 Å². The first-order valence-electron chi connectivity index (χ1n) is 7.56. The zero-order valence-electron chi connectivity index (χ0n) is 13.3. The van der Waals surface area contributed by atoms with E-state index >= 15 is 0 Å². The number of nitrogens with zero attached hydrogens (tertiary/aromatic N) is 2. The first-order valence-corrected chi connectivity index (χ1v) is 8.61. The number of nitrogens with one attached hydrogen (secondary N) is 1. The maximum atomic E-state index is 12.2. The summed E-state index contributed by atoms with van der Waals surface area (Å²) < 4.78 is 5.47. The monoisotopic (exact) mass is 311 g/mol. The van der Waals surface area contributed by atoms with E-state index in [2.05, 4.69) is 17.2 Å². The highest BCUT2D eigenvalue weighted by molar-refractivity contribution is 7.99. The molecule has 2 atom stereocenters. The van der Waals surface area contributed by atoms with Crippen LogP contribution in [0.4, 0.5) is 4.79 Å². The normalized spacial score (nSPS) is 21.5. The van der Waals surface area contributed by atoms with Crippen molar-refractivity contribution in [3.8, 4) is 0 Å². The standard InChI is InChI=1S/C15H25N3O2S/c1-5-21-13-7-6-12(8-13)18(4)15(19)16-9-14-17-10(2)11(3)20-14/h12-13H,5-9H2,1-4H3,(H,16,19)/t12-,13+/m1/s1. The van der Waals surface area contributed by atoms with Gasteiger partial charge in [-0.1, -0.05) is 6.92 Å². The summed E-state index contributed by atoms with van der Waals surface area (Å²) in [5.41, 5.74) is 0.878. The Morgan fingerprint density at radius 2 is 2.24 bits per heavy atom. The molecule has 5 nitrogen and oxygen atoms in total. The van der Waals surface area contributed by atoms with Crippen LogP contribution in [0, 0.1) is 13.8 Å². The molecule has 1 saturated carbocycles. The lowest BCUT2D eigenvalue weighted by molar-refractivity contribution is 0.189. The van der Waals surface area contributed by atoms with E-state index in [-0.39, 0.29) is 6.03 Å². The van der Waals surface area contributed by atoms with Gasteiger partial charge in [0.2, 0.25) is 5.89 Å². The molecule has 0 spiro atoms. The third-order valence-corrected chi connectivity index (χ3v) is 5.32. The van der Waals surface area contributed by atoms with Crippen molar-refractivity contribution in [2.45, 2.75) is 57.9 Å². The van der Waals surface area contributed by atoms with Gasteiger partial charge in [0, 0.05) is 18.3 Å². The van der Waals surface area contributed by atoms with Crippen LogP contribution < -0.4 is 5.32 Å². The van der Waals surface area contributed by atoms with Gasteiger partial charge in [-0.25, -0.2) is 9.78 Å². The lowest BCUT2D eigenvalue weighted by Crippen LogP contribution is -2.42.